The van der Waals surface area contributed by atoms with Gasteiger partial charge in [-0.15, -0.1) is 0 Å². The predicted molar refractivity (Wildman–Crippen MR) is 65.5 cm³/mol. The van der Waals surface area contributed by atoms with Gasteiger partial charge in [0.25, 0.3) is 0 Å². The number of carbonyl (C=O) groups is 1. The van der Waals surface area contributed by atoms with E-state index in [-0.39, 0.29) is 17.3 Å². The number of hydrogen-bond donors (Lipinski definition) is 1. The third-order valence-electron chi connectivity index (χ3n) is 1.94. The van der Waals surface area contributed by atoms with Gasteiger partial charge in [0, 0.05) is 11.1 Å². The fourth-order valence-corrected chi connectivity index (χ4v) is 1.49. The maximum atomic E-state index is 10.7. The van der Waals surface area contributed by atoms with Crippen LogP contribution in [0.4, 0.5) is 0 Å². The highest BCUT2D eigenvalue weighted by atomic mass is 35.5. The Morgan fingerprint density at radius 3 is 2.78 bits per heavy atom. The molecule has 1 N–H and O–H groups in total. The fourth-order valence-electron chi connectivity index (χ4n) is 1.17. The number of aromatic nitrogens is 2. The van der Waals surface area contributed by atoms with E-state index in [1.54, 1.807) is 12.1 Å². The topological polar surface area (TPSA) is 72.3 Å². The molecule has 18 heavy (non-hydrogen) atoms. The average Bonchev–Trinajstić information content (AvgIpc) is 2.34. The first-order chi connectivity index (χ1) is 8.56. The Balaban J connectivity index is 2.31. The molecule has 1 aromatic carbocycles. The van der Waals surface area contributed by atoms with Gasteiger partial charge in [-0.3, -0.25) is 4.98 Å². The molecule has 1 heterocycles. The molecule has 2 rings (SSSR count). The summed E-state index contributed by atoms with van der Waals surface area (Å²) in [5.41, 5.74) is -0.217. The van der Waals surface area contributed by atoms with Gasteiger partial charge in [0.2, 0.25) is 5.88 Å². The van der Waals surface area contributed by atoms with Gasteiger partial charge in [-0.2, -0.15) is 0 Å². The number of hydrogen-bond acceptors (Lipinski definition) is 4. The normalized spacial score (nSPS) is 10.1. The molecular formula is C11H6Cl2N2O3. The maximum absolute atomic E-state index is 10.7. The molecule has 0 unspecified atom stereocenters. The molecule has 0 aliphatic rings. The van der Waals surface area contributed by atoms with Gasteiger partial charge in [0.1, 0.15) is 5.75 Å². The number of halogens is 2. The summed E-state index contributed by atoms with van der Waals surface area (Å²) >= 11 is 11.7. The minimum Gasteiger partial charge on any atom is -0.476 e. The van der Waals surface area contributed by atoms with Crippen molar-refractivity contribution in [2.24, 2.45) is 0 Å². The van der Waals surface area contributed by atoms with Crippen molar-refractivity contribution in [3.63, 3.8) is 0 Å². The highest BCUT2D eigenvalue weighted by Gasteiger charge is 2.09. The first-order valence-corrected chi connectivity index (χ1v) is 5.50. The Morgan fingerprint density at radius 2 is 2.06 bits per heavy atom. The number of aromatic carboxylic acids is 1. The average molecular weight is 285 g/mol. The predicted octanol–water partition coefficient (Wildman–Crippen LogP) is 3.27. The van der Waals surface area contributed by atoms with E-state index in [9.17, 15) is 4.79 Å². The van der Waals surface area contributed by atoms with E-state index in [0.29, 0.717) is 10.0 Å². The van der Waals surface area contributed by atoms with Crippen molar-refractivity contribution in [1.82, 2.24) is 9.97 Å². The third-order valence-corrected chi connectivity index (χ3v) is 2.49. The molecule has 0 fully saturated rings. The molecule has 0 atom stereocenters. The lowest BCUT2D eigenvalue weighted by Crippen LogP contribution is -2.02. The van der Waals surface area contributed by atoms with E-state index in [4.69, 9.17) is 33.0 Å². The largest absolute Gasteiger partial charge is 0.476 e. The Bertz CT molecular complexity index is 605. The molecule has 1 aromatic heterocycles. The molecule has 92 valence electrons. The van der Waals surface area contributed by atoms with Gasteiger partial charge in [0.15, 0.2) is 5.69 Å². The second-order valence-corrected chi connectivity index (χ2v) is 4.07. The molecule has 0 radical (unpaired) electrons. The summed E-state index contributed by atoms with van der Waals surface area (Å²) in [6.45, 7) is 0. The summed E-state index contributed by atoms with van der Waals surface area (Å²) in [6, 6.07) is 4.67. The zero-order valence-electron chi connectivity index (χ0n) is 8.80. The van der Waals surface area contributed by atoms with E-state index in [0.717, 1.165) is 6.20 Å². The summed E-state index contributed by atoms with van der Waals surface area (Å²) in [5, 5.41) is 9.55. The second kappa shape index (κ2) is 5.20. The fraction of sp³-hybridized carbons (Fsp3) is 0. The quantitative estimate of drug-likeness (QED) is 0.936. The van der Waals surface area contributed by atoms with Crippen LogP contribution in [0.2, 0.25) is 10.0 Å². The number of benzene rings is 1. The van der Waals surface area contributed by atoms with Crippen molar-refractivity contribution >= 4 is 29.2 Å². The highest BCUT2D eigenvalue weighted by Crippen LogP contribution is 2.30. The maximum Gasteiger partial charge on any atom is 0.356 e. The molecule has 0 saturated heterocycles. The number of ether oxygens (including phenoxy) is 1. The molecule has 0 aliphatic carbocycles. The number of nitrogens with zero attached hydrogens (tertiary/aromatic N) is 2. The lowest BCUT2D eigenvalue weighted by atomic mass is 10.3. The molecule has 0 bridgehead atoms. The minimum absolute atomic E-state index is 0.0269. The molecule has 5 nitrogen and oxygen atoms in total. The van der Waals surface area contributed by atoms with Crippen molar-refractivity contribution in [3.8, 4) is 11.6 Å². The van der Waals surface area contributed by atoms with Gasteiger partial charge in [-0.1, -0.05) is 23.2 Å². The number of carboxylic acids is 1. The van der Waals surface area contributed by atoms with E-state index in [2.05, 4.69) is 9.97 Å². The molecular weight excluding hydrogens is 279 g/mol. The van der Waals surface area contributed by atoms with Crippen LogP contribution in [0.5, 0.6) is 11.6 Å². The van der Waals surface area contributed by atoms with Crippen LogP contribution in [0, 0.1) is 0 Å². The highest BCUT2D eigenvalue weighted by molar-refractivity contribution is 6.34. The summed E-state index contributed by atoms with van der Waals surface area (Å²) in [4.78, 5) is 18.2. The number of carboxylic acid groups (broad SMARTS) is 1. The summed E-state index contributed by atoms with van der Waals surface area (Å²) < 4.78 is 5.33. The van der Waals surface area contributed by atoms with E-state index in [1.807, 2.05) is 0 Å². The minimum atomic E-state index is -1.19. The molecule has 2 aromatic rings. The van der Waals surface area contributed by atoms with E-state index < -0.39 is 5.97 Å². The molecule has 0 amide bonds. The monoisotopic (exact) mass is 284 g/mol. The van der Waals surface area contributed by atoms with Crippen LogP contribution < -0.4 is 4.74 Å². The van der Waals surface area contributed by atoms with E-state index >= 15 is 0 Å². The molecule has 7 heteroatoms. The summed E-state index contributed by atoms with van der Waals surface area (Å²) in [7, 11) is 0. The first-order valence-electron chi connectivity index (χ1n) is 4.74. The SMILES string of the molecule is O=C(O)c1cncc(Oc2cc(Cl)ccc2Cl)n1. The van der Waals surface area contributed by atoms with Gasteiger partial charge in [-0.05, 0) is 12.1 Å². The summed E-state index contributed by atoms with van der Waals surface area (Å²) in [6.07, 6.45) is 2.40. The van der Waals surface area contributed by atoms with Gasteiger partial charge < -0.3 is 9.84 Å². The van der Waals surface area contributed by atoms with Crippen molar-refractivity contribution in [3.05, 3.63) is 46.3 Å². The van der Waals surface area contributed by atoms with Gasteiger partial charge >= 0.3 is 5.97 Å². The van der Waals surface area contributed by atoms with Gasteiger partial charge in [0.05, 0.1) is 17.4 Å². The first kappa shape index (κ1) is 12.6. The zero-order valence-corrected chi connectivity index (χ0v) is 10.3. The smallest absolute Gasteiger partial charge is 0.356 e. The molecule has 0 saturated carbocycles. The van der Waals surface area contributed by atoms with Crippen LogP contribution in [0.15, 0.2) is 30.6 Å². The van der Waals surface area contributed by atoms with Crippen LogP contribution in [0.1, 0.15) is 10.5 Å². The molecule has 0 spiro atoms. The van der Waals surface area contributed by atoms with Crippen LogP contribution in [0.25, 0.3) is 0 Å². The second-order valence-electron chi connectivity index (χ2n) is 3.22. The van der Waals surface area contributed by atoms with Crippen molar-refractivity contribution in [2.45, 2.75) is 0 Å². The number of rotatable bonds is 3. The Labute approximate surface area is 112 Å². The van der Waals surface area contributed by atoms with Crippen LogP contribution in [-0.2, 0) is 0 Å². The standard InChI is InChI=1S/C11H6Cl2N2O3/c12-6-1-2-7(13)9(3-6)18-10-5-14-4-8(15-10)11(16)17/h1-5H,(H,16,17). The Morgan fingerprint density at radius 1 is 1.28 bits per heavy atom. The lowest BCUT2D eigenvalue weighted by Gasteiger charge is -2.06. The van der Waals surface area contributed by atoms with Crippen LogP contribution in [0.3, 0.4) is 0 Å². The van der Waals surface area contributed by atoms with Gasteiger partial charge in [-0.25, -0.2) is 9.78 Å². The van der Waals surface area contributed by atoms with Crippen LogP contribution >= 0.6 is 23.2 Å². The van der Waals surface area contributed by atoms with E-state index in [1.165, 1.54) is 12.3 Å². The Kier molecular flexibility index (Phi) is 3.64. The third kappa shape index (κ3) is 2.88. The van der Waals surface area contributed by atoms with Crippen molar-refractivity contribution < 1.29 is 14.6 Å². The zero-order chi connectivity index (χ0) is 13.1. The van der Waals surface area contributed by atoms with Crippen molar-refractivity contribution in [1.29, 1.82) is 0 Å². The lowest BCUT2D eigenvalue weighted by molar-refractivity contribution is 0.0689. The molecule has 0 aliphatic heterocycles. The Hall–Kier alpha value is -1.85. The van der Waals surface area contributed by atoms with Crippen molar-refractivity contribution in [2.75, 3.05) is 0 Å². The van der Waals surface area contributed by atoms with Crippen LogP contribution in [-0.4, -0.2) is 21.0 Å². The summed E-state index contributed by atoms with van der Waals surface area (Å²) in [5.74, 6) is -0.884.